The van der Waals surface area contributed by atoms with Gasteiger partial charge in [0, 0.05) is 5.25 Å². The highest BCUT2D eigenvalue weighted by Crippen LogP contribution is 2.48. The molecule has 0 aromatic heterocycles. The number of thioether (sulfide) groups is 1. The van der Waals surface area contributed by atoms with E-state index < -0.39 is 0 Å². The molecule has 2 heteroatoms. The van der Waals surface area contributed by atoms with E-state index in [1.54, 1.807) is 0 Å². The fourth-order valence-electron chi connectivity index (χ4n) is 1.47. The second-order valence-corrected chi connectivity index (χ2v) is 4.69. The molecule has 1 aromatic rings. The molecule has 3 unspecified atom stereocenters. The second kappa shape index (κ2) is 3.11. The summed E-state index contributed by atoms with van der Waals surface area (Å²) in [6, 6.07) is 10.2. The monoisotopic (exact) mass is 180 g/mol. The fourth-order valence-corrected chi connectivity index (χ4v) is 2.69. The lowest BCUT2D eigenvalue weighted by Crippen LogP contribution is -2.36. The van der Waals surface area contributed by atoms with Crippen LogP contribution in [0, 0.1) is 0 Å². The molecule has 1 aromatic carbocycles. The Balaban J connectivity index is 2.13. The van der Waals surface area contributed by atoms with Crippen LogP contribution in [0.1, 0.15) is 17.7 Å². The largest absolute Gasteiger partial charge is 0.390 e. The molecule has 64 valence electrons. The van der Waals surface area contributed by atoms with Crippen molar-refractivity contribution in [2.24, 2.45) is 0 Å². The predicted molar refractivity (Wildman–Crippen MR) is 52.2 cm³/mol. The molecule has 1 aliphatic heterocycles. The first kappa shape index (κ1) is 8.14. The average Bonchev–Trinajstić information content (AvgIpc) is 2.15. The second-order valence-electron chi connectivity index (χ2n) is 3.16. The van der Waals surface area contributed by atoms with Gasteiger partial charge in [-0.15, -0.1) is 11.8 Å². The Morgan fingerprint density at radius 1 is 1.25 bits per heavy atom. The summed E-state index contributed by atoms with van der Waals surface area (Å²) in [5.41, 5.74) is 1.24. The van der Waals surface area contributed by atoms with Crippen LogP contribution in [-0.4, -0.2) is 16.5 Å². The van der Waals surface area contributed by atoms with Gasteiger partial charge in [0.1, 0.15) is 0 Å². The first-order valence-electron chi connectivity index (χ1n) is 4.17. The smallest absolute Gasteiger partial charge is 0.0815 e. The molecular weight excluding hydrogens is 168 g/mol. The Morgan fingerprint density at radius 3 is 2.42 bits per heavy atom. The van der Waals surface area contributed by atoms with Crippen molar-refractivity contribution in [3.05, 3.63) is 35.9 Å². The van der Waals surface area contributed by atoms with Gasteiger partial charge in [-0.05, 0) is 5.56 Å². The van der Waals surface area contributed by atoms with Crippen molar-refractivity contribution in [1.29, 1.82) is 0 Å². The van der Waals surface area contributed by atoms with E-state index in [0.29, 0.717) is 10.5 Å². The summed E-state index contributed by atoms with van der Waals surface area (Å²) in [4.78, 5) is 0. The maximum Gasteiger partial charge on any atom is 0.0815 e. The van der Waals surface area contributed by atoms with E-state index in [1.165, 1.54) is 5.56 Å². The Kier molecular flexibility index (Phi) is 2.11. The molecule has 3 atom stereocenters. The molecule has 1 aliphatic rings. The highest BCUT2D eigenvalue weighted by atomic mass is 32.2. The van der Waals surface area contributed by atoms with E-state index in [1.807, 2.05) is 30.0 Å². The van der Waals surface area contributed by atoms with Gasteiger partial charge in [-0.2, -0.15) is 0 Å². The molecule has 1 nitrogen and oxygen atoms in total. The van der Waals surface area contributed by atoms with Crippen LogP contribution >= 0.6 is 11.8 Å². The Labute approximate surface area is 76.8 Å². The van der Waals surface area contributed by atoms with Crippen LogP contribution in [-0.2, 0) is 0 Å². The van der Waals surface area contributed by atoms with Crippen molar-refractivity contribution >= 4 is 11.8 Å². The third kappa shape index (κ3) is 1.25. The van der Waals surface area contributed by atoms with Crippen LogP contribution in [0.25, 0.3) is 0 Å². The summed E-state index contributed by atoms with van der Waals surface area (Å²) in [5.74, 6) is 0. The van der Waals surface area contributed by atoms with Gasteiger partial charge >= 0.3 is 0 Å². The molecule has 1 saturated heterocycles. The first-order valence-corrected chi connectivity index (χ1v) is 5.12. The molecule has 0 aliphatic carbocycles. The van der Waals surface area contributed by atoms with Gasteiger partial charge in [0.25, 0.3) is 0 Å². The number of aliphatic hydroxyl groups is 1. The van der Waals surface area contributed by atoms with Gasteiger partial charge in [-0.25, -0.2) is 0 Å². The summed E-state index contributed by atoms with van der Waals surface area (Å²) in [5, 5.41) is 10.3. The lowest BCUT2D eigenvalue weighted by atomic mass is 10.0. The van der Waals surface area contributed by atoms with E-state index in [9.17, 15) is 5.11 Å². The molecule has 1 fully saturated rings. The summed E-state index contributed by atoms with van der Waals surface area (Å²) in [6.45, 7) is 2.06. The first-order chi connectivity index (χ1) is 5.79. The normalized spacial score (nSPS) is 34.3. The summed E-state index contributed by atoms with van der Waals surface area (Å²) in [7, 11) is 0. The maximum atomic E-state index is 9.61. The predicted octanol–water partition coefficient (Wildman–Crippen LogP) is 2.22. The zero-order valence-corrected chi connectivity index (χ0v) is 7.79. The van der Waals surface area contributed by atoms with Gasteiger partial charge in [0.15, 0.2) is 0 Å². The van der Waals surface area contributed by atoms with Crippen LogP contribution in [0.2, 0.25) is 0 Å². The van der Waals surface area contributed by atoms with E-state index in [2.05, 4.69) is 19.1 Å². The van der Waals surface area contributed by atoms with Crippen molar-refractivity contribution < 1.29 is 5.11 Å². The van der Waals surface area contributed by atoms with Gasteiger partial charge in [-0.1, -0.05) is 37.3 Å². The Hall–Kier alpha value is -0.470. The Morgan fingerprint density at radius 2 is 1.92 bits per heavy atom. The molecule has 1 heterocycles. The minimum absolute atomic E-state index is 0.155. The van der Waals surface area contributed by atoms with E-state index >= 15 is 0 Å². The standard InChI is InChI=1S/C10H12OS/c1-7-9(11)10(12-7)8-5-3-2-4-6-8/h2-7,9-11H,1H3. The molecular formula is C10H12OS. The van der Waals surface area contributed by atoms with Gasteiger partial charge in [0.05, 0.1) is 11.4 Å². The molecule has 0 spiro atoms. The topological polar surface area (TPSA) is 20.2 Å². The maximum absolute atomic E-state index is 9.61. The number of hydrogen-bond acceptors (Lipinski definition) is 2. The third-order valence-corrected chi connectivity index (χ3v) is 3.83. The van der Waals surface area contributed by atoms with Crippen LogP contribution in [0.3, 0.4) is 0 Å². The molecule has 2 rings (SSSR count). The van der Waals surface area contributed by atoms with Crippen LogP contribution < -0.4 is 0 Å². The molecule has 12 heavy (non-hydrogen) atoms. The number of benzene rings is 1. The van der Waals surface area contributed by atoms with Crippen molar-refractivity contribution in [1.82, 2.24) is 0 Å². The van der Waals surface area contributed by atoms with Crippen LogP contribution in [0.5, 0.6) is 0 Å². The van der Waals surface area contributed by atoms with E-state index in [-0.39, 0.29) is 6.10 Å². The SMILES string of the molecule is CC1SC(c2ccccc2)C1O. The van der Waals surface area contributed by atoms with Crippen molar-refractivity contribution in [3.63, 3.8) is 0 Å². The zero-order valence-electron chi connectivity index (χ0n) is 6.97. The van der Waals surface area contributed by atoms with Gasteiger partial charge in [-0.3, -0.25) is 0 Å². The van der Waals surface area contributed by atoms with Crippen molar-refractivity contribution in [3.8, 4) is 0 Å². The number of hydrogen-bond donors (Lipinski definition) is 1. The lowest BCUT2D eigenvalue weighted by molar-refractivity contribution is 0.155. The van der Waals surface area contributed by atoms with Crippen molar-refractivity contribution in [2.75, 3.05) is 0 Å². The highest BCUT2D eigenvalue weighted by molar-refractivity contribution is 8.01. The molecule has 0 saturated carbocycles. The fraction of sp³-hybridized carbons (Fsp3) is 0.400. The lowest BCUT2D eigenvalue weighted by Gasteiger charge is -2.38. The quantitative estimate of drug-likeness (QED) is 0.715. The Bertz CT molecular complexity index is 260. The highest BCUT2D eigenvalue weighted by Gasteiger charge is 2.38. The minimum Gasteiger partial charge on any atom is -0.390 e. The molecule has 0 amide bonds. The molecule has 0 bridgehead atoms. The summed E-state index contributed by atoms with van der Waals surface area (Å²) < 4.78 is 0. The molecule has 1 N–H and O–H groups in total. The van der Waals surface area contributed by atoms with Crippen molar-refractivity contribution in [2.45, 2.75) is 23.5 Å². The van der Waals surface area contributed by atoms with Gasteiger partial charge in [0.2, 0.25) is 0 Å². The molecule has 0 radical (unpaired) electrons. The van der Waals surface area contributed by atoms with Crippen LogP contribution in [0.15, 0.2) is 30.3 Å². The van der Waals surface area contributed by atoms with Gasteiger partial charge < -0.3 is 5.11 Å². The average molecular weight is 180 g/mol. The number of rotatable bonds is 1. The number of aliphatic hydroxyl groups excluding tert-OH is 1. The van der Waals surface area contributed by atoms with E-state index in [4.69, 9.17) is 0 Å². The van der Waals surface area contributed by atoms with Crippen LogP contribution in [0.4, 0.5) is 0 Å². The third-order valence-electron chi connectivity index (χ3n) is 2.28. The van der Waals surface area contributed by atoms with E-state index in [0.717, 1.165) is 0 Å². The summed E-state index contributed by atoms with van der Waals surface area (Å²) in [6.07, 6.45) is -0.155. The summed E-state index contributed by atoms with van der Waals surface area (Å²) >= 11 is 1.84. The minimum atomic E-state index is -0.155. The zero-order chi connectivity index (χ0) is 8.55.